The number of nitrogens with zero attached hydrogens (tertiary/aromatic N) is 4. The molecule has 1 spiro atoms. The van der Waals surface area contributed by atoms with Crippen molar-refractivity contribution in [1.29, 1.82) is 0 Å². The highest BCUT2D eigenvalue weighted by molar-refractivity contribution is 6.06. The quantitative estimate of drug-likeness (QED) is 0.791. The van der Waals surface area contributed by atoms with E-state index in [-0.39, 0.29) is 17.2 Å². The van der Waals surface area contributed by atoms with E-state index >= 15 is 0 Å². The number of rotatable bonds is 1. The van der Waals surface area contributed by atoms with Crippen LogP contribution in [0.25, 0.3) is 11.1 Å². The second-order valence-corrected chi connectivity index (χ2v) is 7.31. The van der Waals surface area contributed by atoms with Crippen LogP contribution in [0.4, 0.5) is 0 Å². The summed E-state index contributed by atoms with van der Waals surface area (Å²) in [6, 6.07) is 1.80. The number of aromatic nitrogens is 2. The van der Waals surface area contributed by atoms with Gasteiger partial charge in [-0.3, -0.25) is 9.59 Å². The summed E-state index contributed by atoms with van der Waals surface area (Å²) >= 11 is 0. The maximum Gasteiger partial charge on any atom is 0.258 e. The Morgan fingerprint density at radius 2 is 1.88 bits per heavy atom. The summed E-state index contributed by atoms with van der Waals surface area (Å²) in [4.78, 5) is 33.5. The second-order valence-electron chi connectivity index (χ2n) is 7.31. The molecule has 0 unspecified atom stereocenters. The Morgan fingerprint density at radius 3 is 2.52 bits per heavy atom. The summed E-state index contributed by atoms with van der Waals surface area (Å²) in [7, 11) is 1.86. The number of likely N-dealkylation sites (tertiary alicyclic amines) is 2. The Hall–Kier alpha value is -2.44. The topological polar surface area (TPSA) is 79.5 Å². The smallest absolute Gasteiger partial charge is 0.258 e. The van der Waals surface area contributed by atoms with Crippen LogP contribution in [0.5, 0.6) is 0 Å². The SMILES string of the molecule is Cc1cc(C(=O)N2CCC3(CCN(C)C3=O)CC2)c2c(C)noc2n1. The Labute approximate surface area is 146 Å². The van der Waals surface area contributed by atoms with E-state index in [0.717, 1.165) is 31.5 Å². The number of aryl methyl sites for hydroxylation is 2. The highest BCUT2D eigenvalue weighted by Crippen LogP contribution is 2.41. The Balaban J connectivity index is 1.59. The lowest BCUT2D eigenvalue weighted by Gasteiger charge is -2.37. The van der Waals surface area contributed by atoms with E-state index in [9.17, 15) is 9.59 Å². The second kappa shape index (κ2) is 5.54. The first kappa shape index (κ1) is 16.1. The van der Waals surface area contributed by atoms with Gasteiger partial charge in [0.15, 0.2) is 0 Å². The van der Waals surface area contributed by atoms with Gasteiger partial charge in [-0.1, -0.05) is 5.16 Å². The molecule has 0 aromatic carbocycles. The van der Waals surface area contributed by atoms with Crippen LogP contribution in [-0.4, -0.2) is 58.4 Å². The third kappa shape index (κ3) is 2.41. The zero-order chi connectivity index (χ0) is 17.8. The highest BCUT2D eigenvalue weighted by Gasteiger charge is 2.47. The van der Waals surface area contributed by atoms with Gasteiger partial charge < -0.3 is 14.3 Å². The zero-order valence-corrected chi connectivity index (χ0v) is 14.8. The van der Waals surface area contributed by atoms with Gasteiger partial charge in [-0.25, -0.2) is 4.98 Å². The molecule has 2 aliphatic rings. The van der Waals surface area contributed by atoms with Gasteiger partial charge in [0, 0.05) is 32.4 Å². The van der Waals surface area contributed by atoms with Crippen LogP contribution < -0.4 is 0 Å². The number of fused-ring (bicyclic) bond motifs is 1. The lowest BCUT2D eigenvalue weighted by molar-refractivity contribution is -0.137. The summed E-state index contributed by atoms with van der Waals surface area (Å²) in [5.41, 5.74) is 2.14. The fourth-order valence-corrected chi connectivity index (χ4v) is 4.15. The molecule has 2 aliphatic heterocycles. The summed E-state index contributed by atoms with van der Waals surface area (Å²) in [6.45, 7) is 5.68. The minimum absolute atomic E-state index is 0.0320. The van der Waals surface area contributed by atoms with Crippen LogP contribution in [-0.2, 0) is 4.79 Å². The van der Waals surface area contributed by atoms with Gasteiger partial charge in [-0.2, -0.15) is 0 Å². The first-order chi connectivity index (χ1) is 11.9. The van der Waals surface area contributed by atoms with E-state index in [1.807, 2.05) is 30.7 Å². The molecule has 25 heavy (non-hydrogen) atoms. The Bertz CT molecular complexity index is 865. The monoisotopic (exact) mass is 342 g/mol. The zero-order valence-electron chi connectivity index (χ0n) is 14.8. The molecular formula is C18H22N4O3. The van der Waals surface area contributed by atoms with Crippen molar-refractivity contribution in [1.82, 2.24) is 19.9 Å². The summed E-state index contributed by atoms with van der Waals surface area (Å²) in [5, 5.41) is 4.63. The molecular weight excluding hydrogens is 320 g/mol. The lowest BCUT2D eigenvalue weighted by atomic mass is 9.77. The molecule has 2 aromatic rings. The summed E-state index contributed by atoms with van der Waals surface area (Å²) in [5.74, 6) is 0.201. The molecule has 0 radical (unpaired) electrons. The summed E-state index contributed by atoms with van der Waals surface area (Å²) < 4.78 is 5.23. The van der Waals surface area contributed by atoms with Crippen LogP contribution in [0.1, 0.15) is 41.0 Å². The highest BCUT2D eigenvalue weighted by atomic mass is 16.5. The van der Waals surface area contributed by atoms with Gasteiger partial charge in [0.2, 0.25) is 5.91 Å². The number of amides is 2. The number of pyridine rings is 1. The number of hydrogen-bond donors (Lipinski definition) is 0. The van der Waals surface area contributed by atoms with E-state index < -0.39 is 0 Å². The van der Waals surface area contributed by atoms with Gasteiger partial charge in [0.05, 0.1) is 22.1 Å². The Kier molecular flexibility index (Phi) is 3.56. The Morgan fingerprint density at radius 1 is 1.20 bits per heavy atom. The van der Waals surface area contributed by atoms with Crippen LogP contribution >= 0.6 is 0 Å². The van der Waals surface area contributed by atoms with Crippen LogP contribution in [0.2, 0.25) is 0 Å². The lowest BCUT2D eigenvalue weighted by Crippen LogP contribution is -2.46. The molecule has 4 rings (SSSR count). The number of hydrogen-bond acceptors (Lipinski definition) is 5. The van der Waals surface area contributed by atoms with Crippen molar-refractivity contribution in [3.63, 3.8) is 0 Å². The third-order valence-electron chi connectivity index (χ3n) is 5.71. The van der Waals surface area contributed by atoms with E-state index in [0.29, 0.717) is 35.4 Å². The minimum Gasteiger partial charge on any atom is -0.345 e. The maximum absolute atomic E-state index is 13.1. The average molecular weight is 342 g/mol. The normalized spacial score (nSPS) is 20.0. The van der Waals surface area contributed by atoms with Crippen molar-refractivity contribution >= 4 is 22.9 Å². The number of piperidine rings is 1. The first-order valence-corrected chi connectivity index (χ1v) is 8.70. The van der Waals surface area contributed by atoms with Gasteiger partial charge in [0.25, 0.3) is 11.6 Å². The predicted octanol–water partition coefficient (Wildman–Crippen LogP) is 1.92. The summed E-state index contributed by atoms with van der Waals surface area (Å²) in [6.07, 6.45) is 2.36. The molecule has 0 aliphatic carbocycles. The molecule has 4 heterocycles. The van der Waals surface area contributed by atoms with Crippen molar-refractivity contribution in [3.05, 3.63) is 23.0 Å². The predicted molar refractivity (Wildman–Crippen MR) is 91.1 cm³/mol. The molecule has 2 fully saturated rings. The number of carbonyl (C=O) groups is 2. The molecule has 2 saturated heterocycles. The van der Waals surface area contributed by atoms with E-state index in [4.69, 9.17) is 4.52 Å². The molecule has 2 amide bonds. The van der Waals surface area contributed by atoms with Crippen molar-refractivity contribution < 1.29 is 14.1 Å². The van der Waals surface area contributed by atoms with Crippen LogP contribution in [0.3, 0.4) is 0 Å². The van der Waals surface area contributed by atoms with Crippen molar-refractivity contribution in [2.45, 2.75) is 33.1 Å². The van der Waals surface area contributed by atoms with Gasteiger partial charge >= 0.3 is 0 Å². The van der Waals surface area contributed by atoms with Crippen molar-refractivity contribution in [2.24, 2.45) is 5.41 Å². The minimum atomic E-state index is -0.262. The molecule has 0 N–H and O–H groups in total. The fraction of sp³-hybridized carbons (Fsp3) is 0.556. The van der Waals surface area contributed by atoms with Crippen molar-refractivity contribution in [3.8, 4) is 0 Å². The van der Waals surface area contributed by atoms with Crippen LogP contribution in [0, 0.1) is 19.3 Å². The van der Waals surface area contributed by atoms with E-state index in [1.165, 1.54) is 0 Å². The standard InChI is InChI=1S/C18H22N4O3/c1-11-10-13(14-12(2)20-25-15(14)19-11)16(23)22-8-5-18(6-9-22)4-7-21(3)17(18)24/h10H,4-9H2,1-3H3. The van der Waals surface area contributed by atoms with Crippen molar-refractivity contribution in [2.75, 3.05) is 26.7 Å². The molecule has 7 nitrogen and oxygen atoms in total. The molecule has 0 saturated carbocycles. The molecule has 0 atom stereocenters. The average Bonchev–Trinajstić information content (AvgIpc) is 3.10. The fourth-order valence-electron chi connectivity index (χ4n) is 4.15. The first-order valence-electron chi connectivity index (χ1n) is 8.70. The molecule has 2 aromatic heterocycles. The van der Waals surface area contributed by atoms with Gasteiger partial charge in [-0.05, 0) is 39.2 Å². The van der Waals surface area contributed by atoms with Crippen LogP contribution in [0.15, 0.2) is 10.6 Å². The number of carbonyl (C=O) groups excluding carboxylic acids is 2. The molecule has 132 valence electrons. The molecule has 0 bridgehead atoms. The van der Waals surface area contributed by atoms with E-state index in [1.54, 1.807) is 6.07 Å². The van der Waals surface area contributed by atoms with E-state index in [2.05, 4.69) is 10.1 Å². The van der Waals surface area contributed by atoms with Gasteiger partial charge in [0.1, 0.15) is 0 Å². The molecule has 7 heteroatoms. The largest absolute Gasteiger partial charge is 0.345 e. The maximum atomic E-state index is 13.1. The third-order valence-corrected chi connectivity index (χ3v) is 5.71. The van der Waals surface area contributed by atoms with Gasteiger partial charge in [-0.15, -0.1) is 0 Å².